The number of aryl methyl sites for hydroxylation is 1. The molecule has 0 heterocycles. The summed E-state index contributed by atoms with van der Waals surface area (Å²) < 4.78 is 0. The van der Waals surface area contributed by atoms with Crippen LogP contribution >= 0.6 is 0 Å². The first-order chi connectivity index (χ1) is 6.59. The van der Waals surface area contributed by atoms with E-state index < -0.39 is 0 Å². The molecule has 74 valence electrons. The van der Waals surface area contributed by atoms with Gasteiger partial charge in [-0.2, -0.15) is 0 Å². The summed E-state index contributed by atoms with van der Waals surface area (Å²) in [4.78, 5) is 11.3. The highest BCUT2D eigenvalue weighted by Crippen LogP contribution is 2.10. The lowest BCUT2D eigenvalue weighted by molar-refractivity contribution is -0.115. The highest BCUT2D eigenvalue weighted by Gasteiger charge is 2.02. The Bertz CT molecular complexity index is 355. The van der Waals surface area contributed by atoms with Crippen molar-refractivity contribution in [2.45, 2.75) is 19.8 Å². The predicted molar refractivity (Wildman–Crippen MR) is 59.0 cm³/mol. The van der Waals surface area contributed by atoms with E-state index in [1.165, 1.54) is 0 Å². The van der Waals surface area contributed by atoms with E-state index in [1.807, 2.05) is 24.3 Å². The number of ketones is 1. The lowest BCUT2D eigenvalue weighted by atomic mass is 10.0. The van der Waals surface area contributed by atoms with Gasteiger partial charge in [0, 0.05) is 12.1 Å². The van der Waals surface area contributed by atoms with E-state index in [4.69, 9.17) is 5.73 Å². The quantitative estimate of drug-likeness (QED) is 0.583. The lowest BCUT2D eigenvalue weighted by Crippen LogP contribution is -2.00. The Labute approximate surface area is 84.4 Å². The average molecular weight is 189 g/mol. The molecule has 0 spiro atoms. The normalized spacial score (nSPS) is 9.79. The first kappa shape index (κ1) is 10.5. The van der Waals surface area contributed by atoms with Gasteiger partial charge in [-0.3, -0.25) is 4.79 Å². The van der Waals surface area contributed by atoms with Crippen molar-refractivity contribution in [3.63, 3.8) is 0 Å². The summed E-state index contributed by atoms with van der Waals surface area (Å²) in [5.41, 5.74) is 8.08. The molecule has 0 radical (unpaired) electrons. The Morgan fingerprint density at radius 3 is 2.79 bits per heavy atom. The molecular weight excluding hydrogens is 174 g/mol. The molecule has 0 aromatic heterocycles. The standard InChI is InChI=1S/C12H15NO/c1-9(2)12(14)7-6-10-4-3-5-11(13)8-10/h3-5,8H,1,6-7,13H2,2H3. The first-order valence-electron chi connectivity index (χ1n) is 4.62. The summed E-state index contributed by atoms with van der Waals surface area (Å²) in [6.07, 6.45) is 1.25. The minimum Gasteiger partial charge on any atom is -0.399 e. The molecule has 0 saturated carbocycles. The zero-order chi connectivity index (χ0) is 10.6. The van der Waals surface area contributed by atoms with Gasteiger partial charge in [0.25, 0.3) is 0 Å². The van der Waals surface area contributed by atoms with Crippen LogP contribution in [0.1, 0.15) is 18.9 Å². The fourth-order valence-electron chi connectivity index (χ4n) is 1.22. The number of nitrogens with two attached hydrogens (primary N) is 1. The zero-order valence-corrected chi connectivity index (χ0v) is 8.42. The molecule has 0 unspecified atom stereocenters. The maximum Gasteiger partial charge on any atom is 0.158 e. The number of benzene rings is 1. The van der Waals surface area contributed by atoms with Crippen molar-refractivity contribution < 1.29 is 4.79 Å². The van der Waals surface area contributed by atoms with Crippen molar-refractivity contribution in [1.29, 1.82) is 0 Å². The van der Waals surface area contributed by atoms with E-state index in [2.05, 4.69) is 6.58 Å². The molecule has 0 atom stereocenters. The van der Waals surface area contributed by atoms with Gasteiger partial charge in [-0.15, -0.1) is 0 Å². The molecule has 2 nitrogen and oxygen atoms in total. The summed E-state index contributed by atoms with van der Waals surface area (Å²) in [6, 6.07) is 7.60. The van der Waals surface area contributed by atoms with Crippen molar-refractivity contribution in [2.75, 3.05) is 5.73 Å². The fourth-order valence-corrected chi connectivity index (χ4v) is 1.22. The molecule has 1 rings (SSSR count). The molecule has 0 aliphatic carbocycles. The van der Waals surface area contributed by atoms with Crippen molar-refractivity contribution in [3.8, 4) is 0 Å². The van der Waals surface area contributed by atoms with Crippen LogP contribution in [0.15, 0.2) is 36.4 Å². The Morgan fingerprint density at radius 2 is 2.21 bits per heavy atom. The van der Waals surface area contributed by atoms with Crippen molar-refractivity contribution >= 4 is 11.5 Å². The summed E-state index contributed by atoms with van der Waals surface area (Å²) in [6.45, 7) is 5.35. The lowest BCUT2D eigenvalue weighted by Gasteiger charge is -2.01. The second kappa shape index (κ2) is 4.61. The summed E-state index contributed by atoms with van der Waals surface area (Å²) >= 11 is 0. The monoisotopic (exact) mass is 189 g/mol. The van der Waals surface area contributed by atoms with E-state index in [0.717, 1.165) is 17.7 Å². The van der Waals surface area contributed by atoms with Gasteiger partial charge in [0.2, 0.25) is 0 Å². The van der Waals surface area contributed by atoms with Crippen LogP contribution in [0.2, 0.25) is 0 Å². The van der Waals surface area contributed by atoms with Crippen molar-refractivity contribution in [3.05, 3.63) is 42.0 Å². The Balaban J connectivity index is 2.54. The smallest absolute Gasteiger partial charge is 0.158 e. The summed E-state index contributed by atoms with van der Waals surface area (Å²) in [5, 5.41) is 0. The predicted octanol–water partition coefficient (Wildman–Crippen LogP) is 2.35. The fraction of sp³-hybridized carbons (Fsp3) is 0.250. The topological polar surface area (TPSA) is 43.1 Å². The van der Waals surface area contributed by atoms with Gasteiger partial charge in [0.1, 0.15) is 0 Å². The van der Waals surface area contributed by atoms with E-state index in [0.29, 0.717) is 12.0 Å². The molecule has 0 amide bonds. The number of anilines is 1. The molecule has 1 aromatic rings. The first-order valence-corrected chi connectivity index (χ1v) is 4.62. The number of nitrogen functional groups attached to an aromatic ring is 1. The van der Waals surface area contributed by atoms with Gasteiger partial charge < -0.3 is 5.73 Å². The van der Waals surface area contributed by atoms with Gasteiger partial charge in [0.05, 0.1) is 0 Å². The van der Waals surface area contributed by atoms with Crippen LogP contribution in [-0.4, -0.2) is 5.78 Å². The average Bonchev–Trinajstić information content (AvgIpc) is 2.14. The highest BCUT2D eigenvalue weighted by atomic mass is 16.1. The summed E-state index contributed by atoms with van der Waals surface area (Å²) in [5.74, 6) is 0.118. The zero-order valence-electron chi connectivity index (χ0n) is 8.42. The highest BCUT2D eigenvalue weighted by molar-refractivity contribution is 5.94. The number of hydrogen-bond donors (Lipinski definition) is 1. The second-order valence-electron chi connectivity index (χ2n) is 3.45. The van der Waals surface area contributed by atoms with E-state index in [1.54, 1.807) is 6.92 Å². The number of Topliss-reactive ketones (excluding diaryl/α,β-unsaturated/α-hetero) is 1. The SMILES string of the molecule is C=C(C)C(=O)CCc1cccc(N)c1. The maximum atomic E-state index is 11.3. The third-order valence-corrected chi connectivity index (χ3v) is 2.07. The minimum atomic E-state index is 0.118. The number of hydrogen-bond acceptors (Lipinski definition) is 2. The Morgan fingerprint density at radius 1 is 1.50 bits per heavy atom. The molecule has 0 fully saturated rings. The molecule has 1 aromatic carbocycles. The molecule has 0 saturated heterocycles. The van der Waals surface area contributed by atoms with Crippen molar-refractivity contribution in [2.24, 2.45) is 0 Å². The van der Waals surface area contributed by atoms with Crippen LogP contribution in [-0.2, 0) is 11.2 Å². The Kier molecular flexibility index (Phi) is 3.46. The largest absolute Gasteiger partial charge is 0.399 e. The summed E-state index contributed by atoms with van der Waals surface area (Å²) in [7, 11) is 0. The molecule has 0 bridgehead atoms. The van der Waals surface area contributed by atoms with Crippen LogP contribution in [0.25, 0.3) is 0 Å². The third-order valence-electron chi connectivity index (χ3n) is 2.07. The van der Waals surface area contributed by atoms with Gasteiger partial charge in [0.15, 0.2) is 5.78 Å². The van der Waals surface area contributed by atoms with Gasteiger partial charge in [-0.05, 0) is 36.6 Å². The van der Waals surface area contributed by atoms with Crippen LogP contribution in [0.3, 0.4) is 0 Å². The van der Waals surface area contributed by atoms with Crippen LogP contribution < -0.4 is 5.73 Å². The molecule has 14 heavy (non-hydrogen) atoms. The van der Waals surface area contributed by atoms with E-state index in [9.17, 15) is 4.79 Å². The van der Waals surface area contributed by atoms with Crippen LogP contribution in [0.5, 0.6) is 0 Å². The van der Waals surface area contributed by atoms with E-state index in [-0.39, 0.29) is 5.78 Å². The number of carbonyl (C=O) groups is 1. The van der Waals surface area contributed by atoms with Crippen LogP contribution in [0.4, 0.5) is 5.69 Å². The number of allylic oxidation sites excluding steroid dienone is 1. The van der Waals surface area contributed by atoms with Gasteiger partial charge in [-0.1, -0.05) is 18.7 Å². The molecular formula is C12H15NO. The van der Waals surface area contributed by atoms with Crippen LogP contribution in [0, 0.1) is 0 Å². The Hall–Kier alpha value is -1.57. The van der Waals surface area contributed by atoms with Gasteiger partial charge in [-0.25, -0.2) is 0 Å². The molecule has 2 heteroatoms. The number of rotatable bonds is 4. The van der Waals surface area contributed by atoms with Gasteiger partial charge >= 0.3 is 0 Å². The van der Waals surface area contributed by atoms with Crippen molar-refractivity contribution in [1.82, 2.24) is 0 Å². The maximum absolute atomic E-state index is 11.3. The number of carbonyl (C=O) groups excluding carboxylic acids is 1. The van der Waals surface area contributed by atoms with E-state index >= 15 is 0 Å². The molecule has 0 aliphatic rings. The third kappa shape index (κ3) is 3.05. The second-order valence-corrected chi connectivity index (χ2v) is 3.45. The molecule has 2 N–H and O–H groups in total. The molecule has 0 aliphatic heterocycles. The minimum absolute atomic E-state index is 0.118.